The number of urea groups is 1. The fourth-order valence-electron chi connectivity index (χ4n) is 3.99. The van der Waals surface area contributed by atoms with Crippen molar-refractivity contribution in [2.24, 2.45) is 10.8 Å². The maximum absolute atomic E-state index is 14.8. The number of hydrogen-bond donors (Lipinski definition) is 2. The molecule has 0 saturated carbocycles. The Bertz CT molecular complexity index is 1220. The van der Waals surface area contributed by atoms with Gasteiger partial charge in [-0.1, -0.05) is 42.1 Å². The number of rotatable bonds is 14. The molecular formula is C27H33F2N5O5S. The maximum Gasteiger partial charge on any atom is 0.365 e. The molecule has 40 heavy (non-hydrogen) atoms. The van der Waals surface area contributed by atoms with Gasteiger partial charge in [-0.15, -0.1) is 0 Å². The van der Waals surface area contributed by atoms with Gasteiger partial charge in [0.15, 0.2) is 5.78 Å². The fourth-order valence-corrected chi connectivity index (χ4v) is 5.41. The molecule has 0 bridgehead atoms. The predicted octanol–water partition coefficient (Wildman–Crippen LogP) is 3.36. The molecule has 3 N–H and O–H groups in total. The van der Waals surface area contributed by atoms with Crippen LogP contribution in [0.1, 0.15) is 36.8 Å². The highest BCUT2D eigenvalue weighted by molar-refractivity contribution is 8.15. The predicted molar refractivity (Wildman–Crippen MR) is 147 cm³/mol. The van der Waals surface area contributed by atoms with Crippen molar-refractivity contribution in [3.05, 3.63) is 71.3 Å². The van der Waals surface area contributed by atoms with Gasteiger partial charge in [0.25, 0.3) is 0 Å². The van der Waals surface area contributed by atoms with Gasteiger partial charge in [-0.3, -0.25) is 14.4 Å². The number of nitrogens with two attached hydrogens (primary N) is 1. The Morgan fingerprint density at radius 3 is 2.58 bits per heavy atom. The molecule has 0 aliphatic carbocycles. The molecule has 2 aromatic carbocycles. The summed E-state index contributed by atoms with van der Waals surface area (Å²) < 4.78 is 34.0. The van der Waals surface area contributed by atoms with Crippen LogP contribution in [0, 0.1) is 11.6 Å². The summed E-state index contributed by atoms with van der Waals surface area (Å²) in [4.78, 5) is 41.2. The van der Waals surface area contributed by atoms with E-state index in [1.807, 2.05) is 18.2 Å². The van der Waals surface area contributed by atoms with Crippen molar-refractivity contribution in [1.29, 1.82) is 0 Å². The molecule has 0 unspecified atom stereocenters. The first-order chi connectivity index (χ1) is 19.2. The molecule has 0 fully saturated rings. The Balaban J connectivity index is 1.78. The molecule has 0 saturated heterocycles. The highest BCUT2D eigenvalue weighted by Gasteiger charge is 2.49. The number of ether oxygens (including phenoxy) is 1. The molecule has 0 aromatic heterocycles. The summed E-state index contributed by atoms with van der Waals surface area (Å²) in [5.41, 5.74) is 6.00. The summed E-state index contributed by atoms with van der Waals surface area (Å²) in [6, 6.07) is 11.5. The van der Waals surface area contributed by atoms with Crippen LogP contribution in [0.15, 0.2) is 53.6 Å². The lowest BCUT2D eigenvalue weighted by Gasteiger charge is -2.37. The van der Waals surface area contributed by atoms with Crippen molar-refractivity contribution in [1.82, 2.24) is 15.4 Å². The van der Waals surface area contributed by atoms with Crippen LogP contribution in [0.2, 0.25) is 0 Å². The quantitative estimate of drug-likeness (QED) is 0.260. The maximum atomic E-state index is 14.8. The van der Waals surface area contributed by atoms with Crippen molar-refractivity contribution in [3.8, 4) is 0 Å². The van der Waals surface area contributed by atoms with Crippen molar-refractivity contribution in [2.75, 3.05) is 40.5 Å². The third-order valence-corrected chi connectivity index (χ3v) is 7.52. The number of carbonyl (C=O) groups excluding carboxylic acids is 3. The van der Waals surface area contributed by atoms with Crippen LogP contribution >= 0.6 is 11.8 Å². The van der Waals surface area contributed by atoms with E-state index in [9.17, 15) is 23.2 Å². The first-order valence-corrected chi connectivity index (χ1v) is 13.5. The number of benzene rings is 2. The number of ketones is 1. The third kappa shape index (κ3) is 7.84. The van der Waals surface area contributed by atoms with Gasteiger partial charge in [-0.05, 0) is 49.6 Å². The zero-order valence-electron chi connectivity index (χ0n) is 22.4. The molecule has 10 nitrogen and oxygen atoms in total. The van der Waals surface area contributed by atoms with Gasteiger partial charge >= 0.3 is 6.03 Å². The van der Waals surface area contributed by atoms with E-state index in [1.165, 1.54) is 19.2 Å². The lowest BCUT2D eigenvalue weighted by atomic mass is 10.0. The van der Waals surface area contributed by atoms with Gasteiger partial charge in [-0.2, -0.15) is 10.1 Å². The van der Waals surface area contributed by atoms with E-state index in [1.54, 1.807) is 12.1 Å². The van der Waals surface area contributed by atoms with Crippen LogP contribution < -0.4 is 11.1 Å². The van der Waals surface area contributed by atoms with E-state index < -0.39 is 28.4 Å². The van der Waals surface area contributed by atoms with Gasteiger partial charge in [0.05, 0.1) is 7.11 Å². The minimum Gasteiger partial charge on any atom is -0.364 e. The zero-order valence-corrected chi connectivity index (χ0v) is 23.2. The van der Waals surface area contributed by atoms with E-state index in [-0.39, 0.29) is 42.6 Å². The largest absolute Gasteiger partial charge is 0.365 e. The molecule has 0 radical (unpaired) electrons. The molecule has 3 rings (SSSR count). The molecule has 1 atom stereocenters. The summed E-state index contributed by atoms with van der Waals surface area (Å²) in [5, 5.41) is 9.49. The number of thioether (sulfide) groups is 1. The van der Waals surface area contributed by atoms with Crippen LogP contribution in [0.25, 0.3) is 0 Å². The topological polar surface area (TPSA) is 127 Å². The first-order valence-electron chi connectivity index (χ1n) is 12.7. The zero-order chi connectivity index (χ0) is 29.1. The molecule has 1 heterocycles. The SMILES string of the molecule is CON(C)C(=O)N1N=C(c2cc(F)ccc2F)S[C@@]1(CCCNC(=O)COCC(=O)CCCN)c1ccccc1. The van der Waals surface area contributed by atoms with Crippen LogP contribution in [0.3, 0.4) is 0 Å². The second-order valence-electron chi connectivity index (χ2n) is 8.93. The third-order valence-electron chi connectivity index (χ3n) is 6.08. The van der Waals surface area contributed by atoms with Gasteiger partial charge in [0.2, 0.25) is 5.91 Å². The average Bonchev–Trinajstić information content (AvgIpc) is 3.35. The lowest BCUT2D eigenvalue weighted by Crippen LogP contribution is -2.47. The van der Waals surface area contributed by atoms with Crippen molar-refractivity contribution in [2.45, 2.75) is 30.6 Å². The second kappa shape index (κ2) is 14.8. The summed E-state index contributed by atoms with van der Waals surface area (Å²) >= 11 is 1.12. The Labute approximate surface area is 235 Å². The molecule has 2 aromatic rings. The second-order valence-corrected chi connectivity index (χ2v) is 10.2. The summed E-state index contributed by atoms with van der Waals surface area (Å²) in [6.45, 7) is 0.193. The number of nitrogens with zero attached hydrogens (tertiary/aromatic N) is 3. The van der Waals surface area contributed by atoms with Crippen LogP contribution in [0.4, 0.5) is 13.6 Å². The molecule has 1 aliphatic heterocycles. The van der Waals surface area contributed by atoms with E-state index >= 15 is 0 Å². The van der Waals surface area contributed by atoms with Crippen LogP contribution in [-0.4, -0.2) is 73.3 Å². The van der Waals surface area contributed by atoms with Gasteiger partial charge < -0.3 is 15.8 Å². The number of halogens is 2. The smallest absolute Gasteiger partial charge is 0.364 e. The number of amides is 3. The van der Waals surface area contributed by atoms with Crippen molar-refractivity contribution >= 4 is 34.5 Å². The molecule has 216 valence electrons. The van der Waals surface area contributed by atoms with Crippen molar-refractivity contribution < 1.29 is 32.7 Å². The van der Waals surface area contributed by atoms with E-state index in [0.717, 1.165) is 35.0 Å². The number of nitrogens with one attached hydrogen (secondary N) is 1. The van der Waals surface area contributed by atoms with Gasteiger partial charge in [0, 0.05) is 25.6 Å². The Hall–Kier alpha value is -3.39. The average molecular weight is 578 g/mol. The Morgan fingerprint density at radius 2 is 1.88 bits per heavy atom. The minimum atomic E-state index is -1.16. The van der Waals surface area contributed by atoms with Crippen molar-refractivity contribution in [3.63, 3.8) is 0 Å². The number of Topliss-reactive ketones (excluding diaryl/α,β-unsaturated/α-hetero) is 1. The van der Waals surface area contributed by atoms with Gasteiger partial charge in [0.1, 0.15) is 34.8 Å². The van der Waals surface area contributed by atoms with Crippen LogP contribution in [0.5, 0.6) is 0 Å². The number of hydroxylamine groups is 2. The summed E-state index contributed by atoms with van der Waals surface area (Å²) in [5.74, 6) is -1.85. The van der Waals surface area contributed by atoms with E-state index in [0.29, 0.717) is 31.4 Å². The molecule has 0 spiro atoms. The molecular weight excluding hydrogens is 544 g/mol. The molecule has 1 aliphatic rings. The minimum absolute atomic E-state index is 0.0767. The molecule has 3 amide bonds. The summed E-state index contributed by atoms with van der Waals surface area (Å²) in [7, 11) is 2.74. The number of carbonyl (C=O) groups is 3. The lowest BCUT2D eigenvalue weighted by molar-refractivity contribution is -0.129. The summed E-state index contributed by atoms with van der Waals surface area (Å²) in [6.07, 6.45) is 1.53. The number of hydrogen-bond acceptors (Lipinski definition) is 8. The van der Waals surface area contributed by atoms with Crippen LogP contribution in [-0.2, 0) is 24.0 Å². The highest BCUT2D eigenvalue weighted by Crippen LogP contribution is 2.50. The molecule has 13 heteroatoms. The van der Waals surface area contributed by atoms with Gasteiger partial charge in [-0.25, -0.2) is 18.6 Å². The highest BCUT2D eigenvalue weighted by atomic mass is 32.2. The monoisotopic (exact) mass is 577 g/mol. The van der Waals surface area contributed by atoms with E-state index in [4.69, 9.17) is 15.3 Å². The number of hydrazone groups is 1. The standard InChI is InChI=1S/C27H33F2N5O5S/c1-33(38-2)26(37)34-27(19-8-4-3-5-9-19,40-25(32-34)22-16-20(28)11-12-23(22)29)13-7-15-31-24(36)18-39-17-21(35)10-6-14-30/h3-5,8-9,11-12,16H,6-7,10,13-15,17-18,30H2,1-2H3,(H,31,36)/t27-/m0/s1. The van der Waals surface area contributed by atoms with E-state index in [2.05, 4.69) is 10.4 Å². The Kier molecular flexibility index (Phi) is 11.6. The fraction of sp³-hybridized carbons (Fsp3) is 0.407. The Morgan fingerprint density at radius 1 is 1.12 bits per heavy atom. The normalized spacial score (nSPS) is 16.5. The first kappa shape index (κ1) is 31.1.